The van der Waals surface area contributed by atoms with E-state index >= 15 is 0 Å². The van der Waals surface area contributed by atoms with Crippen LogP contribution < -0.4 is 10.6 Å². The number of aromatic nitrogens is 2. The second kappa shape index (κ2) is 4.90. The third-order valence-corrected chi connectivity index (χ3v) is 3.98. The van der Waals surface area contributed by atoms with E-state index in [0.29, 0.717) is 12.6 Å². The summed E-state index contributed by atoms with van der Waals surface area (Å²) in [5, 5.41) is 1.05. The van der Waals surface area contributed by atoms with Crippen LogP contribution in [0.2, 0.25) is 0 Å². The normalized spacial score (nSPS) is 21.9. The van der Waals surface area contributed by atoms with Gasteiger partial charge in [-0.1, -0.05) is 20.8 Å². The average molecular weight is 254 g/mol. The molecule has 1 fully saturated rings. The van der Waals surface area contributed by atoms with Gasteiger partial charge in [0.2, 0.25) is 5.13 Å². The molecule has 4 nitrogen and oxygen atoms in total. The van der Waals surface area contributed by atoms with E-state index in [2.05, 4.69) is 35.0 Å². The molecule has 1 aliphatic heterocycles. The average Bonchev–Trinajstić information content (AvgIpc) is 2.77. The summed E-state index contributed by atoms with van der Waals surface area (Å²) in [6.45, 7) is 8.23. The van der Waals surface area contributed by atoms with E-state index in [1.165, 1.54) is 30.8 Å². The summed E-state index contributed by atoms with van der Waals surface area (Å²) in [4.78, 5) is 7.02. The molecule has 0 bridgehead atoms. The number of rotatable bonds is 2. The van der Waals surface area contributed by atoms with Crippen molar-refractivity contribution in [2.45, 2.75) is 51.5 Å². The first-order valence-electron chi connectivity index (χ1n) is 6.33. The van der Waals surface area contributed by atoms with Gasteiger partial charge in [-0.25, -0.2) is 4.98 Å². The largest absolute Gasteiger partial charge is 0.343 e. The Hall–Kier alpha value is -0.680. The maximum atomic E-state index is 5.84. The number of hydrogen-bond donors (Lipinski definition) is 1. The molecule has 17 heavy (non-hydrogen) atoms. The standard InChI is InChI=1S/C12H22N4S/c1-12(2,3)10-14-11(17-15-10)16-7-5-4-6-9(16)8-13/h9H,4-8,13H2,1-3H3. The number of anilines is 1. The smallest absolute Gasteiger partial charge is 0.205 e. The molecule has 0 aromatic carbocycles. The van der Waals surface area contributed by atoms with E-state index in [1.54, 1.807) is 0 Å². The Morgan fingerprint density at radius 2 is 2.18 bits per heavy atom. The van der Waals surface area contributed by atoms with E-state index in [-0.39, 0.29) is 5.41 Å². The fourth-order valence-electron chi connectivity index (χ4n) is 2.13. The molecule has 1 aromatic rings. The summed E-state index contributed by atoms with van der Waals surface area (Å²) in [7, 11) is 0. The van der Waals surface area contributed by atoms with Crippen molar-refractivity contribution in [3.8, 4) is 0 Å². The molecule has 0 saturated carbocycles. The Kier molecular flexibility index (Phi) is 3.68. The fraction of sp³-hybridized carbons (Fsp3) is 0.833. The van der Waals surface area contributed by atoms with Gasteiger partial charge < -0.3 is 10.6 Å². The van der Waals surface area contributed by atoms with Gasteiger partial charge in [0.25, 0.3) is 0 Å². The lowest BCUT2D eigenvalue weighted by molar-refractivity contribution is 0.463. The maximum absolute atomic E-state index is 5.84. The molecule has 2 heterocycles. The van der Waals surface area contributed by atoms with Crippen LogP contribution in [0.1, 0.15) is 45.9 Å². The Labute approximate surface area is 107 Å². The molecule has 0 radical (unpaired) electrons. The minimum Gasteiger partial charge on any atom is -0.343 e. The molecular formula is C12H22N4S. The summed E-state index contributed by atoms with van der Waals surface area (Å²) in [5.41, 5.74) is 5.87. The Bertz CT molecular complexity index is 369. The van der Waals surface area contributed by atoms with E-state index in [4.69, 9.17) is 5.73 Å². The molecule has 0 aliphatic carbocycles. The zero-order valence-electron chi connectivity index (χ0n) is 10.9. The van der Waals surface area contributed by atoms with Crippen LogP contribution in [0.4, 0.5) is 5.13 Å². The van der Waals surface area contributed by atoms with Crippen molar-refractivity contribution in [2.75, 3.05) is 18.0 Å². The van der Waals surface area contributed by atoms with Gasteiger partial charge in [0.1, 0.15) is 5.82 Å². The highest BCUT2D eigenvalue weighted by Gasteiger charge is 2.26. The number of hydrogen-bond acceptors (Lipinski definition) is 5. The summed E-state index contributed by atoms with van der Waals surface area (Å²) >= 11 is 1.51. The molecule has 1 unspecified atom stereocenters. The lowest BCUT2D eigenvalue weighted by atomic mass is 9.96. The lowest BCUT2D eigenvalue weighted by Gasteiger charge is -2.34. The molecule has 2 rings (SSSR count). The van der Waals surface area contributed by atoms with E-state index < -0.39 is 0 Å². The minimum absolute atomic E-state index is 0.0305. The zero-order valence-corrected chi connectivity index (χ0v) is 11.8. The van der Waals surface area contributed by atoms with Crippen molar-refractivity contribution in [2.24, 2.45) is 5.73 Å². The highest BCUT2D eigenvalue weighted by Crippen LogP contribution is 2.29. The van der Waals surface area contributed by atoms with Crippen LogP contribution in [0.3, 0.4) is 0 Å². The molecule has 1 saturated heterocycles. The predicted molar refractivity (Wildman–Crippen MR) is 72.6 cm³/mol. The van der Waals surface area contributed by atoms with Crippen LogP contribution >= 0.6 is 11.5 Å². The number of nitrogens with zero attached hydrogens (tertiary/aromatic N) is 3. The topological polar surface area (TPSA) is 55.0 Å². The monoisotopic (exact) mass is 254 g/mol. The van der Waals surface area contributed by atoms with Crippen LogP contribution in [0, 0.1) is 0 Å². The first-order chi connectivity index (χ1) is 8.02. The lowest BCUT2D eigenvalue weighted by Crippen LogP contribution is -2.44. The van der Waals surface area contributed by atoms with Gasteiger partial charge in [-0.3, -0.25) is 0 Å². The van der Waals surface area contributed by atoms with Crippen molar-refractivity contribution >= 4 is 16.7 Å². The van der Waals surface area contributed by atoms with Gasteiger partial charge in [-0.05, 0) is 19.3 Å². The Morgan fingerprint density at radius 1 is 1.41 bits per heavy atom. The van der Waals surface area contributed by atoms with Crippen LogP contribution in [0.15, 0.2) is 0 Å². The summed E-state index contributed by atoms with van der Waals surface area (Å²) in [6, 6.07) is 0.449. The fourth-order valence-corrected chi connectivity index (χ4v) is 3.09. The summed E-state index contributed by atoms with van der Waals surface area (Å²) in [5.74, 6) is 0.943. The Balaban J connectivity index is 2.18. The highest BCUT2D eigenvalue weighted by molar-refractivity contribution is 7.09. The van der Waals surface area contributed by atoms with Crippen molar-refractivity contribution in [3.05, 3.63) is 5.82 Å². The third-order valence-electron chi connectivity index (χ3n) is 3.23. The number of piperidine rings is 1. The van der Waals surface area contributed by atoms with Crippen molar-refractivity contribution in [3.63, 3.8) is 0 Å². The van der Waals surface area contributed by atoms with Crippen molar-refractivity contribution < 1.29 is 0 Å². The molecule has 0 amide bonds. The maximum Gasteiger partial charge on any atom is 0.205 e. The molecule has 1 aromatic heterocycles. The molecule has 5 heteroatoms. The van der Waals surface area contributed by atoms with Gasteiger partial charge in [-0.2, -0.15) is 4.37 Å². The molecule has 1 atom stereocenters. The first-order valence-corrected chi connectivity index (χ1v) is 7.10. The van der Waals surface area contributed by atoms with Crippen LogP contribution in [-0.4, -0.2) is 28.5 Å². The molecular weight excluding hydrogens is 232 g/mol. The summed E-state index contributed by atoms with van der Waals surface area (Å²) in [6.07, 6.45) is 3.70. The van der Waals surface area contributed by atoms with Crippen LogP contribution in [0.25, 0.3) is 0 Å². The van der Waals surface area contributed by atoms with Gasteiger partial charge in [0, 0.05) is 36.1 Å². The number of nitrogens with two attached hydrogens (primary N) is 1. The van der Waals surface area contributed by atoms with Gasteiger partial charge in [0.15, 0.2) is 0 Å². The molecule has 0 spiro atoms. The highest BCUT2D eigenvalue weighted by atomic mass is 32.1. The minimum atomic E-state index is 0.0305. The van der Waals surface area contributed by atoms with E-state index in [1.807, 2.05) is 0 Å². The predicted octanol–water partition coefficient (Wildman–Crippen LogP) is 2.15. The van der Waals surface area contributed by atoms with E-state index in [0.717, 1.165) is 17.5 Å². The van der Waals surface area contributed by atoms with Crippen LogP contribution in [0.5, 0.6) is 0 Å². The quantitative estimate of drug-likeness (QED) is 0.878. The molecule has 2 N–H and O–H groups in total. The van der Waals surface area contributed by atoms with E-state index in [9.17, 15) is 0 Å². The summed E-state index contributed by atoms with van der Waals surface area (Å²) < 4.78 is 4.48. The SMILES string of the molecule is CC(C)(C)c1nsc(N2CCCCC2CN)n1. The van der Waals surface area contributed by atoms with Gasteiger partial charge >= 0.3 is 0 Å². The van der Waals surface area contributed by atoms with Gasteiger partial charge in [0.05, 0.1) is 0 Å². The zero-order chi connectivity index (χ0) is 12.5. The van der Waals surface area contributed by atoms with Crippen molar-refractivity contribution in [1.82, 2.24) is 9.36 Å². The van der Waals surface area contributed by atoms with Gasteiger partial charge in [-0.15, -0.1) is 0 Å². The second-order valence-corrected chi connectivity index (χ2v) is 6.46. The first kappa shape index (κ1) is 12.8. The Morgan fingerprint density at radius 3 is 2.76 bits per heavy atom. The van der Waals surface area contributed by atoms with Crippen molar-refractivity contribution in [1.29, 1.82) is 0 Å². The molecule has 96 valence electrons. The molecule has 1 aliphatic rings. The third kappa shape index (κ3) is 2.77. The van der Waals surface area contributed by atoms with Crippen LogP contribution in [-0.2, 0) is 5.41 Å². The second-order valence-electron chi connectivity index (χ2n) is 5.73.